The van der Waals surface area contributed by atoms with Crippen molar-refractivity contribution in [1.82, 2.24) is 15.1 Å². The molecule has 1 N–H and O–H groups in total. The van der Waals surface area contributed by atoms with Crippen LogP contribution in [-0.2, 0) is 17.0 Å². The van der Waals surface area contributed by atoms with Crippen molar-refractivity contribution in [1.29, 1.82) is 0 Å². The average molecular weight is 455 g/mol. The molecule has 0 saturated heterocycles. The molecular formula is C22H19FN4O2S2. The first-order chi connectivity index (χ1) is 15.1. The minimum absolute atomic E-state index is 0.193. The summed E-state index contributed by atoms with van der Waals surface area (Å²) in [6.07, 6.45) is 0.525. The van der Waals surface area contributed by atoms with Crippen molar-refractivity contribution in [3.05, 3.63) is 77.0 Å². The van der Waals surface area contributed by atoms with Crippen LogP contribution in [0.25, 0.3) is 11.3 Å². The van der Waals surface area contributed by atoms with Crippen LogP contribution < -0.4 is 5.32 Å². The van der Waals surface area contributed by atoms with Crippen LogP contribution in [-0.4, -0.2) is 21.0 Å². The zero-order chi connectivity index (χ0) is 21.6. The molecule has 0 spiro atoms. The third-order valence-electron chi connectivity index (χ3n) is 4.42. The molecule has 6 nitrogen and oxygen atoms in total. The number of thiazole rings is 1. The third-order valence-corrected chi connectivity index (χ3v) is 6.43. The molecule has 4 aromatic rings. The molecule has 0 fully saturated rings. The third kappa shape index (κ3) is 5.77. The summed E-state index contributed by atoms with van der Waals surface area (Å²) in [4.78, 5) is 21.1. The Labute approximate surface area is 186 Å². The largest absolute Gasteiger partial charge is 0.339 e. The molecule has 4 rings (SSSR count). The van der Waals surface area contributed by atoms with E-state index >= 15 is 0 Å². The lowest BCUT2D eigenvalue weighted by molar-refractivity contribution is -0.116. The molecule has 31 heavy (non-hydrogen) atoms. The van der Waals surface area contributed by atoms with Gasteiger partial charge in [-0.25, -0.2) is 9.37 Å². The van der Waals surface area contributed by atoms with E-state index < -0.39 is 0 Å². The Kier molecular flexibility index (Phi) is 6.73. The highest BCUT2D eigenvalue weighted by Gasteiger charge is 2.12. The summed E-state index contributed by atoms with van der Waals surface area (Å²) in [7, 11) is 0. The van der Waals surface area contributed by atoms with Gasteiger partial charge in [-0.15, -0.1) is 11.3 Å². The highest BCUT2D eigenvalue weighted by molar-refractivity contribution is 8.00. The molecular weight excluding hydrogens is 435 g/mol. The lowest BCUT2D eigenvalue weighted by Gasteiger charge is -2.07. The number of rotatable bonds is 8. The second-order valence-electron chi connectivity index (χ2n) is 6.77. The first kappa shape index (κ1) is 21.2. The molecule has 158 valence electrons. The molecule has 0 unspecified atom stereocenters. The Hall–Kier alpha value is -3.04. The summed E-state index contributed by atoms with van der Waals surface area (Å²) < 4.78 is 19.3. The van der Waals surface area contributed by atoms with E-state index in [-0.39, 0.29) is 18.1 Å². The predicted octanol–water partition coefficient (Wildman–Crippen LogP) is 5.50. The maximum atomic E-state index is 13.2. The van der Waals surface area contributed by atoms with E-state index in [1.54, 1.807) is 36.1 Å². The number of nitrogens with zero attached hydrogens (tertiary/aromatic N) is 3. The van der Waals surface area contributed by atoms with Crippen LogP contribution in [0.3, 0.4) is 0 Å². The lowest BCUT2D eigenvalue weighted by Crippen LogP contribution is -2.13. The number of thioether (sulfide) groups is 1. The number of hydrogen-bond acceptors (Lipinski definition) is 7. The Morgan fingerprint density at radius 1 is 1.19 bits per heavy atom. The fourth-order valence-corrected chi connectivity index (χ4v) is 4.52. The first-order valence-electron chi connectivity index (χ1n) is 9.58. The number of anilines is 1. The maximum Gasteiger partial charge on any atom is 0.227 e. The molecule has 0 saturated carbocycles. The molecule has 1 amide bonds. The second-order valence-corrected chi connectivity index (χ2v) is 8.85. The van der Waals surface area contributed by atoms with Gasteiger partial charge in [0.1, 0.15) is 5.82 Å². The number of aryl methyl sites for hydroxylation is 2. The van der Waals surface area contributed by atoms with Crippen molar-refractivity contribution < 1.29 is 13.7 Å². The summed E-state index contributed by atoms with van der Waals surface area (Å²) in [5.74, 6) is 0.976. The van der Waals surface area contributed by atoms with Crippen LogP contribution >= 0.6 is 23.1 Å². The van der Waals surface area contributed by atoms with Crippen molar-refractivity contribution in [2.75, 3.05) is 5.32 Å². The number of aromatic nitrogens is 3. The number of carbonyl (C=O) groups is 1. The number of amides is 1. The van der Waals surface area contributed by atoms with Gasteiger partial charge in [0, 0.05) is 29.5 Å². The van der Waals surface area contributed by atoms with Gasteiger partial charge in [-0.3, -0.25) is 4.79 Å². The van der Waals surface area contributed by atoms with E-state index in [1.165, 1.54) is 12.1 Å². The normalized spacial score (nSPS) is 10.9. The van der Waals surface area contributed by atoms with E-state index in [9.17, 15) is 9.18 Å². The zero-order valence-corrected chi connectivity index (χ0v) is 18.3. The van der Waals surface area contributed by atoms with E-state index in [4.69, 9.17) is 4.52 Å². The van der Waals surface area contributed by atoms with Crippen LogP contribution in [0.4, 0.5) is 10.1 Å². The molecule has 2 aromatic heterocycles. The van der Waals surface area contributed by atoms with Gasteiger partial charge in [0.05, 0.1) is 11.4 Å². The summed E-state index contributed by atoms with van der Waals surface area (Å²) in [6, 6.07) is 14.3. The Bertz CT molecular complexity index is 1180. The van der Waals surface area contributed by atoms with Crippen molar-refractivity contribution in [3.8, 4) is 11.3 Å². The molecule has 0 aliphatic rings. The number of halogens is 1. The standard InChI is InChI=1S/C22H19FN4O2S2/c1-14-11-16(23)7-8-17(14)24-20(28)9-10-21-26-19(27-29-21)13-31-22-25-18(12-30-22)15-5-3-2-4-6-15/h2-8,11-12H,9-10,13H2,1H3,(H,24,28). The minimum Gasteiger partial charge on any atom is -0.339 e. The van der Waals surface area contributed by atoms with Gasteiger partial charge in [-0.05, 0) is 30.7 Å². The van der Waals surface area contributed by atoms with Crippen LogP contribution in [0.2, 0.25) is 0 Å². The monoisotopic (exact) mass is 454 g/mol. The molecule has 9 heteroatoms. The van der Waals surface area contributed by atoms with Gasteiger partial charge in [0.25, 0.3) is 0 Å². The summed E-state index contributed by atoms with van der Waals surface area (Å²) >= 11 is 3.12. The van der Waals surface area contributed by atoms with E-state index in [1.807, 2.05) is 35.7 Å². The zero-order valence-electron chi connectivity index (χ0n) is 16.7. The van der Waals surface area contributed by atoms with Gasteiger partial charge >= 0.3 is 0 Å². The predicted molar refractivity (Wildman–Crippen MR) is 119 cm³/mol. The van der Waals surface area contributed by atoms with Crippen molar-refractivity contribution in [2.24, 2.45) is 0 Å². The number of carbonyl (C=O) groups excluding carboxylic acids is 1. The van der Waals surface area contributed by atoms with Crippen LogP contribution in [0.1, 0.15) is 23.7 Å². The van der Waals surface area contributed by atoms with Crippen LogP contribution in [0.5, 0.6) is 0 Å². The quantitative estimate of drug-likeness (QED) is 0.354. The van der Waals surface area contributed by atoms with Crippen molar-refractivity contribution >= 4 is 34.7 Å². The van der Waals surface area contributed by atoms with E-state index in [2.05, 4.69) is 20.4 Å². The molecule has 0 aliphatic carbocycles. The van der Waals surface area contributed by atoms with Gasteiger partial charge in [-0.1, -0.05) is 47.3 Å². The SMILES string of the molecule is Cc1cc(F)ccc1NC(=O)CCc1nc(CSc2nc(-c3ccccc3)cs2)no1. The second kappa shape index (κ2) is 9.84. The van der Waals surface area contributed by atoms with Gasteiger partial charge in [0.2, 0.25) is 11.8 Å². The van der Waals surface area contributed by atoms with Crippen molar-refractivity contribution in [3.63, 3.8) is 0 Å². The fraction of sp³-hybridized carbons (Fsp3) is 0.182. The maximum absolute atomic E-state index is 13.2. The molecule has 2 aromatic carbocycles. The topological polar surface area (TPSA) is 80.9 Å². The minimum atomic E-state index is -0.333. The molecule has 0 bridgehead atoms. The smallest absolute Gasteiger partial charge is 0.227 e. The van der Waals surface area contributed by atoms with Gasteiger partial charge in [0.15, 0.2) is 10.2 Å². The van der Waals surface area contributed by atoms with Gasteiger partial charge < -0.3 is 9.84 Å². The number of benzene rings is 2. The lowest BCUT2D eigenvalue weighted by atomic mass is 10.2. The first-order valence-corrected chi connectivity index (χ1v) is 11.4. The van der Waals surface area contributed by atoms with Crippen LogP contribution in [0.15, 0.2) is 62.8 Å². The highest BCUT2D eigenvalue weighted by atomic mass is 32.2. The number of hydrogen-bond donors (Lipinski definition) is 1. The Balaban J connectivity index is 1.26. The molecule has 0 aliphatic heterocycles. The van der Waals surface area contributed by atoms with Crippen LogP contribution in [0, 0.1) is 12.7 Å². The molecule has 2 heterocycles. The average Bonchev–Trinajstić information content (AvgIpc) is 3.43. The van der Waals surface area contributed by atoms with E-state index in [0.717, 1.165) is 15.6 Å². The highest BCUT2D eigenvalue weighted by Crippen LogP contribution is 2.29. The number of nitrogens with one attached hydrogen (secondary N) is 1. The Morgan fingerprint density at radius 2 is 2.03 bits per heavy atom. The summed E-state index contributed by atoms with van der Waals surface area (Å²) in [5, 5.41) is 8.78. The Morgan fingerprint density at radius 3 is 2.84 bits per heavy atom. The molecule has 0 atom stereocenters. The fourth-order valence-electron chi connectivity index (χ4n) is 2.84. The summed E-state index contributed by atoms with van der Waals surface area (Å²) in [6.45, 7) is 1.74. The summed E-state index contributed by atoms with van der Waals surface area (Å²) in [5.41, 5.74) is 3.29. The molecule has 0 radical (unpaired) electrons. The van der Waals surface area contributed by atoms with Crippen molar-refractivity contribution in [2.45, 2.75) is 29.9 Å². The van der Waals surface area contributed by atoms with Gasteiger partial charge in [-0.2, -0.15) is 4.98 Å². The van der Waals surface area contributed by atoms with E-state index in [0.29, 0.717) is 35.1 Å².